The van der Waals surface area contributed by atoms with Crippen molar-refractivity contribution in [3.63, 3.8) is 0 Å². The van der Waals surface area contributed by atoms with Crippen LogP contribution in [0.1, 0.15) is 97.3 Å². The molecule has 0 spiro atoms. The van der Waals surface area contributed by atoms with Crippen molar-refractivity contribution in [2.75, 3.05) is 6.54 Å². The highest BCUT2D eigenvalue weighted by Crippen LogP contribution is 2.35. The standard InChI is InChI=1S/C19H39N/c1-17(2)19-14-12-18(13-15-19)11-9-7-5-3-4-6-8-10-16-20/h17-19H,3-16,20H2,1-2H3. The molecule has 0 bridgehead atoms. The summed E-state index contributed by atoms with van der Waals surface area (Å²) in [5.41, 5.74) is 5.50. The fraction of sp³-hybridized carbons (Fsp3) is 1.00. The van der Waals surface area contributed by atoms with E-state index in [1.54, 1.807) is 0 Å². The van der Waals surface area contributed by atoms with E-state index >= 15 is 0 Å². The molecule has 20 heavy (non-hydrogen) atoms. The largest absolute Gasteiger partial charge is 0.330 e. The van der Waals surface area contributed by atoms with Crippen LogP contribution in [0.2, 0.25) is 0 Å². The number of unbranched alkanes of at least 4 members (excludes halogenated alkanes) is 7. The van der Waals surface area contributed by atoms with Gasteiger partial charge in [0.25, 0.3) is 0 Å². The van der Waals surface area contributed by atoms with Crippen molar-refractivity contribution in [1.82, 2.24) is 0 Å². The van der Waals surface area contributed by atoms with Crippen LogP contribution in [0.5, 0.6) is 0 Å². The van der Waals surface area contributed by atoms with E-state index in [1.165, 1.54) is 83.5 Å². The third-order valence-corrected chi connectivity index (χ3v) is 5.40. The highest BCUT2D eigenvalue weighted by Gasteiger charge is 2.22. The molecular formula is C19H39N. The highest BCUT2D eigenvalue weighted by molar-refractivity contribution is 4.74. The number of rotatable bonds is 11. The van der Waals surface area contributed by atoms with Gasteiger partial charge in [-0.25, -0.2) is 0 Å². The summed E-state index contributed by atoms with van der Waals surface area (Å²) >= 11 is 0. The molecule has 0 aromatic carbocycles. The van der Waals surface area contributed by atoms with E-state index in [4.69, 9.17) is 5.73 Å². The molecule has 1 heteroatoms. The molecule has 1 fully saturated rings. The van der Waals surface area contributed by atoms with E-state index in [-0.39, 0.29) is 0 Å². The van der Waals surface area contributed by atoms with Crippen molar-refractivity contribution >= 4 is 0 Å². The summed E-state index contributed by atoms with van der Waals surface area (Å²) in [5.74, 6) is 3.00. The Labute approximate surface area is 128 Å². The Balaban J connectivity index is 1.85. The summed E-state index contributed by atoms with van der Waals surface area (Å²) in [4.78, 5) is 0. The van der Waals surface area contributed by atoms with Gasteiger partial charge in [0.1, 0.15) is 0 Å². The molecule has 0 amide bonds. The van der Waals surface area contributed by atoms with Gasteiger partial charge in [-0.3, -0.25) is 0 Å². The van der Waals surface area contributed by atoms with Crippen molar-refractivity contribution in [2.45, 2.75) is 97.3 Å². The quantitative estimate of drug-likeness (QED) is 0.467. The van der Waals surface area contributed by atoms with E-state index in [1.807, 2.05) is 0 Å². The molecular weight excluding hydrogens is 242 g/mol. The van der Waals surface area contributed by atoms with Gasteiger partial charge in [-0.1, -0.05) is 78.1 Å². The van der Waals surface area contributed by atoms with Crippen LogP contribution in [-0.2, 0) is 0 Å². The maximum atomic E-state index is 5.50. The Kier molecular flexibility index (Phi) is 10.4. The van der Waals surface area contributed by atoms with Gasteiger partial charge in [-0.05, 0) is 43.6 Å². The molecule has 0 aromatic rings. The minimum Gasteiger partial charge on any atom is -0.330 e. The van der Waals surface area contributed by atoms with Gasteiger partial charge in [0.05, 0.1) is 0 Å². The molecule has 1 saturated carbocycles. The average molecular weight is 282 g/mol. The van der Waals surface area contributed by atoms with Crippen molar-refractivity contribution < 1.29 is 0 Å². The van der Waals surface area contributed by atoms with Crippen LogP contribution in [0.4, 0.5) is 0 Å². The molecule has 120 valence electrons. The Morgan fingerprint density at radius 1 is 0.750 bits per heavy atom. The van der Waals surface area contributed by atoms with Gasteiger partial charge in [0.15, 0.2) is 0 Å². The maximum absolute atomic E-state index is 5.50. The van der Waals surface area contributed by atoms with E-state index in [9.17, 15) is 0 Å². The minimum atomic E-state index is 0.874. The van der Waals surface area contributed by atoms with Crippen LogP contribution < -0.4 is 5.73 Å². The predicted molar refractivity (Wildman–Crippen MR) is 90.9 cm³/mol. The lowest BCUT2D eigenvalue weighted by Gasteiger charge is -2.30. The SMILES string of the molecule is CC(C)C1CCC(CCCCCCCCCCN)CC1. The van der Waals surface area contributed by atoms with E-state index in [2.05, 4.69) is 13.8 Å². The summed E-state index contributed by atoms with van der Waals surface area (Å²) in [5, 5.41) is 0. The number of hydrogen-bond donors (Lipinski definition) is 1. The second kappa shape index (κ2) is 11.6. The lowest BCUT2D eigenvalue weighted by Crippen LogP contribution is -2.18. The van der Waals surface area contributed by atoms with Crippen molar-refractivity contribution in [3.05, 3.63) is 0 Å². The van der Waals surface area contributed by atoms with Crippen LogP contribution in [0.3, 0.4) is 0 Å². The molecule has 0 aliphatic heterocycles. The average Bonchev–Trinajstić information content (AvgIpc) is 2.46. The summed E-state index contributed by atoms with van der Waals surface area (Å²) in [6.45, 7) is 5.68. The van der Waals surface area contributed by atoms with Gasteiger partial charge < -0.3 is 5.73 Å². The van der Waals surface area contributed by atoms with Crippen LogP contribution in [-0.4, -0.2) is 6.54 Å². The molecule has 1 nitrogen and oxygen atoms in total. The minimum absolute atomic E-state index is 0.874. The Hall–Kier alpha value is -0.0400. The molecule has 1 aliphatic rings. The molecule has 0 atom stereocenters. The summed E-state index contributed by atoms with van der Waals surface area (Å²) in [6, 6.07) is 0. The maximum Gasteiger partial charge on any atom is -0.00773 e. The molecule has 2 N–H and O–H groups in total. The van der Waals surface area contributed by atoms with Gasteiger partial charge in [0, 0.05) is 0 Å². The number of hydrogen-bond acceptors (Lipinski definition) is 1. The fourth-order valence-electron chi connectivity index (χ4n) is 3.78. The van der Waals surface area contributed by atoms with E-state index < -0.39 is 0 Å². The van der Waals surface area contributed by atoms with Gasteiger partial charge in [-0.15, -0.1) is 0 Å². The van der Waals surface area contributed by atoms with Crippen LogP contribution in [0, 0.1) is 17.8 Å². The lowest BCUT2D eigenvalue weighted by molar-refractivity contribution is 0.214. The van der Waals surface area contributed by atoms with Crippen molar-refractivity contribution in [2.24, 2.45) is 23.5 Å². The van der Waals surface area contributed by atoms with E-state index in [0.29, 0.717) is 0 Å². The van der Waals surface area contributed by atoms with E-state index in [0.717, 1.165) is 24.3 Å². The molecule has 0 radical (unpaired) electrons. The van der Waals surface area contributed by atoms with Crippen LogP contribution in [0.25, 0.3) is 0 Å². The second-order valence-corrected chi connectivity index (χ2v) is 7.43. The highest BCUT2D eigenvalue weighted by atomic mass is 14.5. The smallest absolute Gasteiger partial charge is 0.00773 e. The first kappa shape index (κ1) is 18.0. The first-order chi connectivity index (χ1) is 9.74. The summed E-state index contributed by atoms with van der Waals surface area (Å²) < 4.78 is 0. The third-order valence-electron chi connectivity index (χ3n) is 5.40. The van der Waals surface area contributed by atoms with Gasteiger partial charge in [0.2, 0.25) is 0 Å². The lowest BCUT2D eigenvalue weighted by atomic mass is 9.75. The zero-order valence-corrected chi connectivity index (χ0v) is 14.2. The zero-order valence-electron chi connectivity index (χ0n) is 14.2. The Bertz CT molecular complexity index is 204. The van der Waals surface area contributed by atoms with Crippen LogP contribution >= 0.6 is 0 Å². The van der Waals surface area contributed by atoms with Gasteiger partial charge >= 0.3 is 0 Å². The van der Waals surface area contributed by atoms with Gasteiger partial charge in [-0.2, -0.15) is 0 Å². The molecule has 1 rings (SSSR count). The number of nitrogens with two attached hydrogens (primary N) is 1. The molecule has 0 heterocycles. The monoisotopic (exact) mass is 281 g/mol. The normalized spacial score (nSPS) is 23.4. The third kappa shape index (κ3) is 8.29. The molecule has 0 saturated heterocycles. The predicted octanol–water partition coefficient (Wildman–Crippen LogP) is 5.92. The molecule has 0 unspecified atom stereocenters. The first-order valence-electron chi connectivity index (χ1n) is 9.44. The summed E-state index contributed by atoms with van der Waals surface area (Å²) in [6.07, 6.45) is 18.8. The zero-order chi connectivity index (χ0) is 14.6. The Morgan fingerprint density at radius 3 is 1.75 bits per heavy atom. The van der Waals surface area contributed by atoms with Crippen molar-refractivity contribution in [3.8, 4) is 0 Å². The van der Waals surface area contributed by atoms with Crippen molar-refractivity contribution in [1.29, 1.82) is 0 Å². The summed E-state index contributed by atoms with van der Waals surface area (Å²) in [7, 11) is 0. The first-order valence-corrected chi connectivity index (χ1v) is 9.44. The molecule has 1 aliphatic carbocycles. The second-order valence-electron chi connectivity index (χ2n) is 7.43. The topological polar surface area (TPSA) is 26.0 Å². The fourth-order valence-corrected chi connectivity index (χ4v) is 3.78. The Morgan fingerprint density at radius 2 is 1.25 bits per heavy atom. The van der Waals surface area contributed by atoms with Crippen LogP contribution in [0.15, 0.2) is 0 Å². The molecule has 0 aromatic heterocycles.